The van der Waals surface area contributed by atoms with Crippen molar-refractivity contribution in [2.75, 3.05) is 0 Å². The Kier molecular flexibility index (Phi) is 5.63. The first-order valence-corrected chi connectivity index (χ1v) is 11.6. The Morgan fingerprint density at radius 2 is 2.00 bits per heavy atom. The van der Waals surface area contributed by atoms with Crippen molar-refractivity contribution in [2.45, 2.75) is 31.3 Å². The van der Waals surface area contributed by atoms with E-state index < -0.39 is 0 Å². The summed E-state index contributed by atoms with van der Waals surface area (Å²) in [7, 11) is 0. The van der Waals surface area contributed by atoms with Gasteiger partial charge in [0.1, 0.15) is 5.01 Å². The number of thioether (sulfide) groups is 1. The first-order chi connectivity index (χ1) is 13.2. The van der Waals surface area contributed by atoms with Crippen LogP contribution in [0.15, 0.2) is 46.2 Å². The second-order valence-electron chi connectivity index (χ2n) is 5.91. The third kappa shape index (κ3) is 3.96. The maximum absolute atomic E-state index is 6.28. The van der Waals surface area contributed by atoms with Crippen LogP contribution in [0.4, 0.5) is 0 Å². The van der Waals surface area contributed by atoms with Crippen LogP contribution in [0.25, 0.3) is 22.0 Å². The van der Waals surface area contributed by atoms with Gasteiger partial charge in [0.2, 0.25) is 0 Å². The van der Waals surface area contributed by atoms with E-state index in [2.05, 4.69) is 45.4 Å². The quantitative estimate of drug-likeness (QED) is 0.330. The smallest absolute Gasteiger partial charge is 0.191 e. The summed E-state index contributed by atoms with van der Waals surface area (Å²) in [5.74, 6) is 1.68. The SMILES string of the molecule is CCn1c(SCc2csc(-c3ccccc3Cl)n2)nnc1-c1csc(C)c1. The number of thiazole rings is 1. The summed E-state index contributed by atoms with van der Waals surface area (Å²) in [5, 5.41) is 15.6. The van der Waals surface area contributed by atoms with Crippen molar-refractivity contribution in [3.05, 3.63) is 56.7 Å². The lowest BCUT2D eigenvalue weighted by molar-refractivity contribution is 0.687. The van der Waals surface area contributed by atoms with Gasteiger partial charge in [-0.2, -0.15) is 0 Å². The van der Waals surface area contributed by atoms with E-state index in [0.29, 0.717) is 0 Å². The van der Waals surface area contributed by atoms with Crippen LogP contribution in [0.2, 0.25) is 5.02 Å². The van der Waals surface area contributed by atoms with Crippen molar-refractivity contribution >= 4 is 46.0 Å². The fraction of sp³-hybridized carbons (Fsp3) is 0.211. The van der Waals surface area contributed by atoms with Gasteiger partial charge in [0.05, 0.1) is 10.7 Å². The molecular weight excluding hydrogens is 416 g/mol. The van der Waals surface area contributed by atoms with Crippen LogP contribution in [-0.2, 0) is 12.3 Å². The van der Waals surface area contributed by atoms with E-state index in [0.717, 1.165) is 50.1 Å². The summed E-state index contributed by atoms with van der Waals surface area (Å²) in [5.41, 5.74) is 3.14. The van der Waals surface area contributed by atoms with Crippen molar-refractivity contribution in [2.24, 2.45) is 0 Å². The van der Waals surface area contributed by atoms with E-state index in [-0.39, 0.29) is 0 Å². The summed E-state index contributed by atoms with van der Waals surface area (Å²) >= 11 is 11.3. The molecule has 4 nitrogen and oxygen atoms in total. The van der Waals surface area contributed by atoms with Gasteiger partial charge in [0.15, 0.2) is 11.0 Å². The molecule has 138 valence electrons. The Morgan fingerprint density at radius 1 is 1.15 bits per heavy atom. The minimum Gasteiger partial charge on any atom is -0.302 e. The molecule has 4 aromatic rings. The molecule has 0 radical (unpaired) electrons. The third-order valence-corrected chi connectivity index (χ3v) is 7.14. The second kappa shape index (κ2) is 8.14. The number of hydrogen-bond donors (Lipinski definition) is 0. The summed E-state index contributed by atoms with van der Waals surface area (Å²) in [6.45, 7) is 5.06. The maximum atomic E-state index is 6.28. The normalized spacial score (nSPS) is 11.2. The number of benzene rings is 1. The van der Waals surface area contributed by atoms with Gasteiger partial charge < -0.3 is 4.57 Å². The van der Waals surface area contributed by atoms with Gasteiger partial charge in [0, 0.05) is 39.1 Å². The number of nitrogens with zero attached hydrogens (tertiary/aromatic N) is 4. The highest BCUT2D eigenvalue weighted by atomic mass is 35.5. The molecule has 0 saturated carbocycles. The summed E-state index contributed by atoms with van der Waals surface area (Å²) in [6, 6.07) is 9.96. The van der Waals surface area contributed by atoms with Gasteiger partial charge in [0.25, 0.3) is 0 Å². The van der Waals surface area contributed by atoms with Crippen molar-refractivity contribution in [3.8, 4) is 22.0 Å². The van der Waals surface area contributed by atoms with Gasteiger partial charge in [-0.1, -0.05) is 41.6 Å². The number of rotatable bonds is 6. The van der Waals surface area contributed by atoms with Gasteiger partial charge in [-0.3, -0.25) is 0 Å². The van der Waals surface area contributed by atoms with Gasteiger partial charge in [-0.15, -0.1) is 32.9 Å². The zero-order valence-electron chi connectivity index (χ0n) is 14.8. The van der Waals surface area contributed by atoms with Crippen LogP contribution < -0.4 is 0 Å². The molecule has 0 spiro atoms. The molecule has 8 heteroatoms. The lowest BCUT2D eigenvalue weighted by atomic mass is 10.2. The largest absolute Gasteiger partial charge is 0.302 e. The number of halogens is 1. The number of aryl methyl sites for hydroxylation is 1. The molecule has 1 aromatic carbocycles. The van der Waals surface area contributed by atoms with Crippen LogP contribution in [0.5, 0.6) is 0 Å². The Bertz CT molecular complexity index is 1070. The molecule has 0 aliphatic heterocycles. The molecule has 0 N–H and O–H groups in total. The molecule has 0 fully saturated rings. The van der Waals surface area contributed by atoms with Crippen molar-refractivity contribution < 1.29 is 0 Å². The standard InChI is InChI=1S/C19H17ClN4S3/c1-3-24-17(13-8-12(2)25-9-13)22-23-19(24)27-11-14-10-26-18(21-14)15-6-4-5-7-16(15)20/h4-10H,3,11H2,1-2H3. The Morgan fingerprint density at radius 3 is 2.74 bits per heavy atom. The van der Waals surface area contributed by atoms with Crippen molar-refractivity contribution in [1.82, 2.24) is 19.7 Å². The monoisotopic (exact) mass is 432 g/mol. The maximum Gasteiger partial charge on any atom is 0.191 e. The van der Waals surface area contributed by atoms with E-state index >= 15 is 0 Å². The van der Waals surface area contributed by atoms with E-state index in [4.69, 9.17) is 16.6 Å². The van der Waals surface area contributed by atoms with Gasteiger partial charge >= 0.3 is 0 Å². The average Bonchev–Trinajstić information content (AvgIpc) is 3.39. The van der Waals surface area contributed by atoms with Crippen molar-refractivity contribution in [3.63, 3.8) is 0 Å². The second-order valence-corrected chi connectivity index (χ2v) is 9.23. The van der Waals surface area contributed by atoms with E-state index in [1.165, 1.54) is 4.88 Å². The molecule has 0 aliphatic carbocycles. The number of aromatic nitrogens is 4. The van der Waals surface area contributed by atoms with Crippen LogP contribution in [0, 0.1) is 6.92 Å². The highest BCUT2D eigenvalue weighted by molar-refractivity contribution is 7.98. The number of thiophene rings is 1. The molecule has 0 amide bonds. The molecule has 0 atom stereocenters. The zero-order chi connectivity index (χ0) is 18.8. The molecule has 0 unspecified atom stereocenters. The van der Waals surface area contributed by atoms with Crippen LogP contribution in [0.1, 0.15) is 17.5 Å². The molecule has 4 rings (SSSR count). The molecule has 0 aliphatic rings. The van der Waals surface area contributed by atoms with E-state index in [1.807, 2.05) is 24.3 Å². The van der Waals surface area contributed by atoms with Crippen LogP contribution in [0.3, 0.4) is 0 Å². The summed E-state index contributed by atoms with van der Waals surface area (Å²) in [6.07, 6.45) is 0. The molecular formula is C19H17ClN4S3. The fourth-order valence-electron chi connectivity index (χ4n) is 2.72. The average molecular weight is 433 g/mol. The van der Waals surface area contributed by atoms with Crippen molar-refractivity contribution in [1.29, 1.82) is 0 Å². The zero-order valence-corrected chi connectivity index (χ0v) is 18.1. The Labute approximate surface area is 175 Å². The third-order valence-electron chi connectivity index (χ3n) is 4.03. The molecule has 3 aromatic heterocycles. The first kappa shape index (κ1) is 18.7. The number of hydrogen-bond acceptors (Lipinski definition) is 6. The predicted molar refractivity (Wildman–Crippen MR) is 116 cm³/mol. The molecule has 0 bridgehead atoms. The van der Waals surface area contributed by atoms with E-state index in [1.54, 1.807) is 34.4 Å². The van der Waals surface area contributed by atoms with Crippen LogP contribution >= 0.6 is 46.0 Å². The Hall–Kier alpha value is -1.67. The Balaban J connectivity index is 1.51. The lowest BCUT2D eigenvalue weighted by Crippen LogP contribution is -1.99. The molecule has 3 heterocycles. The molecule has 27 heavy (non-hydrogen) atoms. The topological polar surface area (TPSA) is 43.6 Å². The highest BCUT2D eigenvalue weighted by Gasteiger charge is 2.15. The van der Waals surface area contributed by atoms with Gasteiger partial charge in [-0.25, -0.2) is 4.98 Å². The lowest BCUT2D eigenvalue weighted by Gasteiger charge is -2.05. The van der Waals surface area contributed by atoms with Crippen LogP contribution in [-0.4, -0.2) is 19.7 Å². The predicted octanol–water partition coefficient (Wildman–Crippen LogP) is 6.40. The minimum atomic E-state index is 0.729. The summed E-state index contributed by atoms with van der Waals surface area (Å²) < 4.78 is 2.16. The van der Waals surface area contributed by atoms with E-state index in [9.17, 15) is 0 Å². The summed E-state index contributed by atoms with van der Waals surface area (Å²) in [4.78, 5) is 6.01. The first-order valence-electron chi connectivity index (χ1n) is 8.46. The minimum absolute atomic E-state index is 0.729. The molecule has 0 saturated heterocycles. The fourth-order valence-corrected chi connectivity index (χ4v) is 5.55. The highest BCUT2D eigenvalue weighted by Crippen LogP contribution is 2.33. The van der Waals surface area contributed by atoms with Gasteiger partial charge in [-0.05, 0) is 26.0 Å².